The Labute approximate surface area is 84.3 Å². The predicted molar refractivity (Wildman–Crippen MR) is 59.7 cm³/mol. The predicted octanol–water partition coefficient (Wildman–Crippen LogP) is 3.07. The molecule has 0 N–H and O–H groups in total. The summed E-state index contributed by atoms with van der Waals surface area (Å²) in [6.07, 6.45) is 2.79. The summed E-state index contributed by atoms with van der Waals surface area (Å²) in [7, 11) is 2.32. The summed E-state index contributed by atoms with van der Waals surface area (Å²) < 4.78 is 10.9. The molecule has 3 unspecified atom stereocenters. The lowest BCUT2D eigenvalue weighted by atomic mass is 10.0. The second kappa shape index (κ2) is 7.73. The van der Waals surface area contributed by atoms with Crippen LogP contribution in [0.5, 0.6) is 0 Å². The van der Waals surface area contributed by atoms with E-state index in [1.54, 1.807) is 7.11 Å². The topological polar surface area (TPSA) is 18.5 Å². The second-order valence-corrected chi connectivity index (χ2v) is 4.42. The number of rotatable bonds is 7. The molecule has 2 nitrogen and oxygen atoms in total. The van der Waals surface area contributed by atoms with Crippen LogP contribution >= 0.6 is 8.81 Å². The second-order valence-electron chi connectivity index (χ2n) is 3.77. The molecular formula is C10H23O2P. The highest BCUT2D eigenvalue weighted by Gasteiger charge is 2.16. The Morgan fingerprint density at radius 3 is 2.15 bits per heavy atom. The van der Waals surface area contributed by atoms with Crippen LogP contribution in [-0.2, 0) is 9.26 Å². The van der Waals surface area contributed by atoms with Gasteiger partial charge in [0.15, 0.2) is 0 Å². The average Bonchev–Trinajstić information content (AvgIpc) is 2.05. The molecule has 0 heterocycles. The lowest BCUT2D eigenvalue weighted by Crippen LogP contribution is -2.26. The molecule has 0 saturated carbocycles. The van der Waals surface area contributed by atoms with Crippen molar-refractivity contribution >= 4 is 8.81 Å². The third kappa shape index (κ3) is 6.42. The monoisotopic (exact) mass is 206 g/mol. The van der Waals surface area contributed by atoms with Gasteiger partial charge in [0.25, 0.3) is 0 Å². The van der Waals surface area contributed by atoms with Gasteiger partial charge >= 0.3 is 0 Å². The molecule has 0 aliphatic rings. The maximum Gasteiger partial charge on any atom is 0.0847 e. The maximum atomic E-state index is 5.53. The van der Waals surface area contributed by atoms with E-state index in [-0.39, 0.29) is 12.2 Å². The Bertz CT molecular complexity index is 117. The summed E-state index contributed by atoms with van der Waals surface area (Å²) in [4.78, 5) is 0. The number of hydrogen-bond donors (Lipinski definition) is 0. The zero-order valence-electron chi connectivity index (χ0n) is 9.46. The summed E-state index contributed by atoms with van der Waals surface area (Å²) in [6, 6.07) is 0. The number of methoxy groups -OCH3 is 1. The van der Waals surface area contributed by atoms with Gasteiger partial charge in [0, 0.05) is 15.9 Å². The van der Waals surface area contributed by atoms with Crippen LogP contribution in [0.3, 0.4) is 0 Å². The Morgan fingerprint density at radius 2 is 1.77 bits per heavy atom. The Morgan fingerprint density at radius 1 is 1.15 bits per heavy atom. The first-order chi connectivity index (χ1) is 6.11. The van der Waals surface area contributed by atoms with E-state index >= 15 is 0 Å². The molecule has 0 radical (unpaired) electrons. The molecule has 3 heteroatoms. The van der Waals surface area contributed by atoms with E-state index in [1.807, 2.05) is 6.66 Å². The van der Waals surface area contributed by atoms with E-state index in [4.69, 9.17) is 9.26 Å². The zero-order valence-corrected chi connectivity index (χ0v) is 10.5. The van der Waals surface area contributed by atoms with Crippen molar-refractivity contribution in [2.24, 2.45) is 5.92 Å². The first-order valence-electron chi connectivity index (χ1n) is 4.97. The van der Waals surface area contributed by atoms with Crippen molar-refractivity contribution in [1.82, 2.24) is 0 Å². The van der Waals surface area contributed by atoms with Gasteiger partial charge in [-0.25, -0.2) is 0 Å². The van der Waals surface area contributed by atoms with Crippen molar-refractivity contribution < 1.29 is 9.26 Å². The van der Waals surface area contributed by atoms with Crippen molar-refractivity contribution in [3.8, 4) is 0 Å². The van der Waals surface area contributed by atoms with E-state index in [9.17, 15) is 0 Å². The van der Waals surface area contributed by atoms with E-state index in [0.29, 0.717) is 8.81 Å². The van der Waals surface area contributed by atoms with E-state index < -0.39 is 0 Å². The normalized spacial score (nSPS) is 17.1. The average molecular weight is 206 g/mol. The Kier molecular flexibility index (Phi) is 7.93. The molecule has 13 heavy (non-hydrogen) atoms. The number of ether oxygens (including phenoxy) is 1. The van der Waals surface area contributed by atoms with Gasteiger partial charge in [0.1, 0.15) is 0 Å². The van der Waals surface area contributed by atoms with Gasteiger partial charge in [0.2, 0.25) is 0 Å². The molecular weight excluding hydrogens is 183 g/mol. The van der Waals surface area contributed by atoms with E-state index in [1.165, 1.54) is 6.42 Å². The summed E-state index contributed by atoms with van der Waals surface area (Å²) in [5.41, 5.74) is 0. The molecule has 0 aliphatic heterocycles. The lowest BCUT2D eigenvalue weighted by Gasteiger charge is -2.22. The minimum absolute atomic E-state index is 0.229. The lowest BCUT2D eigenvalue weighted by molar-refractivity contribution is 0.00965. The molecule has 0 aromatic carbocycles. The van der Waals surface area contributed by atoms with Crippen LogP contribution in [0, 0.1) is 5.92 Å². The van der Waals surface area contributed by atoms with Gasteiger partial charge < -0.3 is 9.26 Å². The van der Waals surface area contributed by atoms with Gasteiger partial charge in [-0.15, -0.1) is 0 Å². The molecule has 0 aliphatic carbocycles. The Hall–Kier alpha value is 0.350. The third-order valence-electron chi connectivity index (χ3n) is 2.16. The molecule has 80 valence electrons. The molecule has 0 spiro atoms. The van der Waals surface area contributed by atoms with E-state index in [2.05, 4.69) is 20.8 Å². The SMILES string of the molecule is COC(CCC(C)C)C(C)OPC. The minimum atomic E-state index is 0.229. The number of hydrogen-bond acceptors (Lipinski definition) is 2. The molecule has 0 fully saturated rings. The third-order valence-corrected chi connectivity index (χ3v) is 2.77. The van der Waals surface area contributed by atoms with Crippen LogP contribution in [0.1, 0.15) is 33.6 Å². The quantitative estimate of drug-likeness (QED) is 0.596. The molecule has 0 saturated heterocycles. The van der Waals surface area contributed by atoms with Crippen LogP contribution < -0.4 is 0 Å². The fourth-order valence-electron chi connectivity index (χ4n) is 1.30. The van der Waals surface area contributed by atoms with Crippen molar-refractivity contribution in [2.45, 2.75) is 45.8 Å². The summed E-state index contributed by atoms with van der Waals surface area (Å²) in [6.45, 7) is 8.61. The van der Waals surface area contributed by atoms with E-state index in [0.717, 1.165) is 12.3 Å². The van der Waals surface area contributed by atoms with Gasteiger partial charge in [0.05, 0.1) is 12.2 Å². The highest BCUT2D eigenvalue weighted by molar-refractivity contribution is 7.31. The zero-order chi connectivity index (χ0) is 10.3. The summed E-state index contributed by atoms with van der Waals surface area (Å²) in [5.74, 6) is 0.744. The fraction of sp³-hybridized carbons (Fsp3) is 1.00. The van der Waals surface area contributed by atoms with Crippen LogP contribution in [0.15, 0.2) is 0 Å². The molecule has 0 aromatic heterocycles. The van der Waals surface area contributed by atoms with Crippen molar-refractivity contribution in [3.63, 3.8) is 0 Å². The highest BCUT2D eigenvalue weighted by atomic mass is 31.1. The largest absolute Gasteiger partial charge is 0.379 e. The fourth-order valence-corrected chi connectivity index (χ4v) is 1.83. The van der Waals surface area contributed by atoms with Crippen LogP contribution in [0.25, 0.3) is 0 Å². The van der Waals surface area contributed by atoms with Crippen molar-refractivity contribution in [3.05, 3.63) is 0 Å². The van der Waals surface area contributed by atoms with Crippen LogP contribution in [0.4, 0.5) is 0 Å². The van der Waals surface area contributed by atoms with Gasteiger partial charge in [-0.1, -0.05) is 13.8 Å². The summed E-state index contributed by atoms with van der Waals surface area (Å²) in [5, 5.41) is 0. The van der Waals surface area contributed by atoms with Gasteiger partial charge in [-0.05, 0) is 32.3 Å². The van der Waals surface area contributed by atoms with Crippen LogP contribution in [0.2, 0.25) is 0 Å². The molecule has 0 aromatic rings. The van der Waals surface area contributed by atoms with Gasteiger partial charge in [-0.2, -0.15) is 0 Å². The first kappa shape index (κ1) is 13.4. The smallest absolute Gasteiger partial charge is 0.0847 e. The standard InChI is InChI=1S/C10H23O2P/c1-8(2)6-7-10(11-4)9(3)12-13-5/h8-10,13H,6-7H2,1-5H3. The first-order valence-corrected chi connectivity index (χ1v) is 6.37. The highest BCUT2D eigenvalue weighted by Crippen LogP contribution is 2.18. The summed E-state index contributed by atoms with van der Waals surface area (Å²) >= 11 is 0. The van der Waals surface area contributed by atoms with Crippen molar-refractivity contribution in [1.29, 1.82) is 0 Å². The van der Waals surface area contributed by atoms with Crippen molar-refractivity contribution in [2.75, 3.05) is 13.8 Å². The maximum absolute atomic E-state index is 5.53. The molecule has 0 rings (SSSR count). The molecule has 0 bridgehead atoms. The van der Waals surface area contributed by atoms with Gasteiger partial charge in [-0.3, -0.25) is 0 Å². The molecule has 0 amide bonds. The Balaban J connectivity index is 3.73. The minimum Gasteiger partial charge on any atom is -0.379 e. The van der Waals surface area contributed by atoms with Crippen LogP contribution in [-0.4, -0.2) is 26.0 Å². The molecule has 3 atom stereocenters.